The summed E-state index contributed by atoms with van der Waals surface area (Å²) in [7, 11) is 0. The number of hydrogen-bond acceptors (Lipinski definition) is 5. The number of carbonyl (C=O) groups is 1. The van der Waals surface area contributed by atoms with Crippen molar-refractivity contribution in [2.24, 2.45) is 0 Å². The topological polar surface area (TPSA) is 91.6 Å². The summed E-state index contributed by atoms with van der Waals surface area (Å²) in [5.74, 6) is 0.574. The molecule has 0 bridgehead atoms. The molecule has 0 unspecified atom stereocenters. The van der Waals surface area contributed by atoms with Crippen LogP contribution in [0.5, 0.6) is 17.2 Å². The largest absolute Gasteiger partial charge is 0.508 e. The molecule has 0 fully saturated rings. The van der Waals surface area contributed by atoms with E-state index < -0.39 is 5.91 Å². The lowest BCUT2D eigenvalue weighted by atomic mass is 10.0. The zero-order valence-electron chi connectivity index (χ0n) is 19.3. The first kappa shape index (κ1) is 25.4. The summed E-state index contributed by atoms with van der Waals surface area (Å²) < 4.78 is 12.0. The van der Waals surface area contributed by atoms with Gasteiger partial charge >= 0.3 is 0 Å². The van der Waals surface area contributed by atoms with Gasteiger partial charge in [-0.15, -0.1) is 6.58 Å². The van der Waals surface area contributed by atoms with Crippen LogP contribution in [0.4, 0.5) is 5.69 Å². The number of nitrogens with one attached hydrogen (secondary N) is 1. The minimum atomic E-state index is -0.567. The molecule has 0 radical (unpaired) electrons. The molecule has 0 aliphatic rings. The number of benzene rings is 3. The van der Waals surface area contributed by atoms with Crippen LogP contribution in [0.3, 0.4) is 0 Å². The number of carbonyl (C=O) groups excluding carboxylic acids is 1. The number of rotatable bonds is 10. The van der Waals surface area contributed by atoms with Crippen molar-refractivity contribution in [3.8, 4) is 23.3 Å². The smallest absolute Gasteiger partial charge is 0.266 e. The van der Waals surface area contributed by atoms with Gasteiger partial charge in [-0.1, -0.05) is 29.8 Å². The number of hydrogen-bond donors (Lipinski definition) is 2. The monoisotopic (exact) mass is 488 g/mol. The van der Waals surface area contributed by atoms with Crippen LogP contribution >= 0.6 is 11.6 Å². The maximum Gasteiger partial charge on any atom is 0.266 e. The van der Waals surface area contributed by atoms with Crippen molar-refractivity contribution in [3.63, 3.8) is 0 Å². The SMILES string of the molecule is C=CCc1cc(/C=C(\C#N)C(=O)Nc2ccc(O)cc2)cc(OCC)c1OCc1cccc(Cl)c1. The number of nitriles is 1. The van der Waals surface area contributed by atoms with Gasteiger partial charge in [0, 0.05) is 16.3 Å². The molecule has 0 aliphatic heterocycles. The van der Waals surface area contributed by atoms with Gasteiger partial charge in [-0.2, -0.15) is 5.26 Å². The molecule has 2 N–H and O–H groups in total. The van der Waals surface area contributed by atoms with E-state index >= 15 is 0 Å². The molecule has 0 spiro atoms. The summed E-state index contributed by atoms with van der Waals surface area (Å²) in [5.41, 5.74) is 2.69. The molecule has 3 aromatic carbocycles. The molecule has 3 rings (SSSR count). The van der Waals surface area contributed by atoms with Crippen molar-refractivity contribution in [1.82, 2.24) is 0 Å². The summed E-state index contributed by atoms with van der Waals surface area (Å²) in [4.78, 5) is 12.7. The van der Waals surface area contributed by atoms with Crippen molar-refractivity contribution in [1.29, 1.82) is 5.26 Å². The minimum absolute atomic E-state index is 0.0786. The molecule has 178 valence electrons. The number of amides is 1. The van der Waals surface area contributed by atoms with Gasteiger partial charge in [0.05, 0.1) is 6.61 Å². The van der Waals surface area contributed by atoms with E-state index in [1.54, 1.807) is 30.3 Å². The van der Waals surface area contributed by atoms with Crippen molar-refractivity contribution in [2.75, 3.05) is 11.9 Å². The number of phenols is 1. The van der Waals surface area contributed by atoms with E-state index in [1.165, 1.54) is 18.2 Å². The summed E-state index contributed by atoms with van der Waals surface area (Å²) in [5, 5.41) is 22.3. The van der Waals surface area contributed by atoms with Gasteiger partial charge in [0.25, 0.3) is 5.91 Å². The van der Waals surface area contributed by atoms with Crippen LogP contribution in [-0.2, 0) is 17.8 Å². The molecule has 0 atom stereocenters. The Hall–Kier alpha value is -4.21. The molecule has 0 saturated heterocycles. The van der Waals surface area contributed by atoms with E-state index in [0.717, 1.165) is 11.1 Å². The Balaban J connectivity index is 1.92. The third-order valence-corrected chi connectivity index (χ3v) is 5.13. The van der Waals surface area contributed by atoms with E-state index in [-0.39, 0.29) is 11.3 Å². The van der Waals surface area contributed by atoms with E-state index in [1.807, 2.05) is 37.3 Å². The molecule has 3 aromatic rings. The maximum absolute atomic E-state index is 12.7. The Morgan fingerprint density at radius 1 is 1.17 bits per heavy atom. The fourth-order valence-corrected chi connectivity index (χ4v) is 3.55. The normalized spacial score (nSPS) is 10.8. The molecular weight excluding hydrogens is 464 g/mol. The van der Waals surface area contributed by atoms with Crippen molar-refractivity contribution >= 4 is 29.3 Å². The highest BCUT2D eigenvalue weighted by Crippen LogP contribution is 2.35. The van der Waals surface area contributed by atoms with Crippen molar-refractivity contribution < 1.29 is 19.4 Å². The second kappa shape index (κ2) is 12.3. The number of aromatic hydroxyl groups is 1. The Kier molecular flexibility index (Phi) is 8.94. The molecule has 0 aromatic heterocycles. The van der Waals surface area contributed by atoms with Crippen molar-refractivity contribution in [2.45, 2.75) is 20.0 Å². The molecular formula is C28H25ClN2O4. The average Bonchev–Trinajstić information content (AvgIpc) is 2.84. The first-order valence-electron chi connectivity index (χ1n) is 10.9. The molecule has 7 heteroatoms. The van der Waals surface area contributed by atoms with Crippen LogP contribution in [-0.4, -0.2) is 17.6 Å². The number of allylic oxidation sites excluding steroid dienone is 1. The summed E-state index contributed by atoms with van der Waals surface area (Å²) in [6.07, 6.45) is 3.73. The molecule has 0 aliphatic carbocycles. The van der Waals surface area contributed by atoms with Gasteiger partial charge < -0.3 is 19.9 Å². The zero-order valence-corrected chi connectivity index (χ0v) is 20.0. The Bertz CT molecular complexity index is 1280. The van der Waals surface area contributed by atoms with Gasteiger partial charge in [-0.25, -0.2) is 0 Å². The second-order valence-electron chi connectivity index (χ2n) is 7.52. The quantitative estimate of drug-likeness (QED) is 0.151. The lowest BCUT2D eigenvalue weighted by molar-refractivity contribution is -0.112. The first-order chi connectivity index (χ1) is 16.9. The summed E-state index contributed by atoms with van der Waals surface area (Å²) in [6, 6.07) is 18.9. The highest BCUT2D eigenvalue weighted by molar-refractivity contribution is 6.30. The average molecular weight is 489 g/mol. The van der Waals surface area contributed by atoms with Gasteiger partial charge in [-0.05, 0) is 79.1 Å². The number of halogens is 1. The number of phenolic OH excluding ortho intramolecular Hbond substituents is 1. The van der Waals surface area contributed by atoms with E-state index in [0.29, 0.717) is 47.4 Å². The highest BCUT2D eigenvalue weighted by Gasteiger charge is 2.15. The molecule has 1 amide bonds. The number of nitrogens with zero attached hydrogens (tertiary/aromatic N) is 1. The highest BCUT2D eigenvalue weighted by atomic mass is 35.5. The Labute approximate surface area is 209 Å². The molecule has 35 heavy (non-hydrogen) atoms. The summed E-state index contributed by atoms with van der Waals surface area (Å²) >= 11 is 6.08. The molecule has 6 nitrogen and oxygen atoms in total. The lowest BCUT2D eigenvalue weighted by Gasteiger charge is -2.17. The van der Waals surface area contributed by atoms with Gasteiger partial charge in [0.15, 0.2) is 11.5 Å². The predicted molar refractivity (Wildman–Crippen MR) is 138 cm³/mol. The van der Waals surface area contributed by atoms with Crippen LogP contribution in [0.25, 0.3) is 6.08 Å². The maximum atomic E-state index is 12.7. The first-order valence-corrected chi connectivity index (χ1v) is 11.3. The summed E-state index contributed by atoms with van der Waals surface area (Å²) in [6.45, 7) is 6.38. The van der Waals surface area contributed by atoms with Crippen LogP contribution in [0.1, 0.15) is 23.6 Å². The van der Waals surface area contributed by atoms with Gasteiger partial charge in [-0.3, -0.25) is 4.79 Å². The zero-order chi connectivity index (χ0) is 25.2. The predicted octanol–water partition coefficient (Wildman–Crippen LogP) is 6.30. The van der Waals surface area contributed by atoms with Gasteiger partial charge in [0.1, 0.15) is 24.0 Å². The van der Waals surface area contributed by atoms with E-state index in [9.17, 15) is 15.2 Å². The third kappa shape index (κ3) is 7.13. The fourth-order valence-electron chi connectivity index (χ4n) is 3.34. The van der Waals surface area contributed by atoms with Crippen LogP contribution in [0.2, 0.25) is 5.02 Å². The van der Waals surface area contributed by atoms with Crippen LogP contribution in [0.15, 0.2) is 78.9 Å². The van der Waals surface area contributed by atoms with Crippen LogP contribution in [0, 0.1) is 11.3 Å². The second-order valence-corrected chi connectivity index (χ2v) is 7.96. The minimum Gasteiger partial charge on any atom is -0.508 e. The van der Waals surface area contributed by atoms with Crippen LogP contribution < -0.4 is 14.8 Å². The van der Waals surface area contributed by atoms with E-state index in [2.05, 4.69) is 11.9 Å². The number of anilines is 1. The fraction of sp³-hybridized carbons (Fsp3) is 0.143. The van der Waals surface area contributed by atoms with E-state index in [4.69, 9.17) is 21.1 Å². The van der Waals surface area contributed by atoms with Crippen molar-refractivity contribution in [3.05, 3.63) is 101 Å². The molecule has 0 saturated carbocycles. The standard InChI is InChI=1S/C28H25ClN2O4/c1-3-6-21-13-20(14-22(17-30)28(33)31-24-9-11-25(32)12-10-24)16-26(34-4-2)27(21)35-18-19-7-5-8-23(29)15-19/h3,5,7-16,32H,1,4,6,18H2,2H3,(H,31,33)/b22-14+. The molecule has 0 heterocycles. The number of ether oxygens (including phenoxy) is 2. The Morgan fingerprint density at radius 2 is 1.94 bits per heavy atom. The van der Waals surface area contributed by atoms with Gasteiger partial charge in [0.2, 0.25) is 0 Å². The Morgan fingerprint density at radius 3 is 2.60 bits per heavy atom. The lowest BCUT2D eigenvalue weighted by Crippen LogP contribution is -2.13. The third-order valence-electron chi connectivity index (χ3n) is 4.89.